The van der Waals surface area contributed by atoms with Gasteiger partial charge >= 0.3 is 0 Å². The van der Waals surface area contributed by atoms with Gasteiger partial charge in [-0.1, -0.05) is 0 Å². The first-order valence-corrected chi connectivity index (χ1v) is 5.72. The van der Waals surface area contributed by atoms with Gasteiger partial charge in [-0.3, -0.25) is 4.98 Å². The van der Waals surface area contributed by atoms with E-state index in [0.717, 1.165) is 18.4 Å². The van der Waals surface area contributed by atoms with E-state index in [0.29, 0.717) is 24.9 Å². The minimum atomic E-state index is -1.20. The summed E-state index contributed by atoms with van der Waals surface area (Å²) >= 11 is 0. The number of nitrogens with zero attached hydrogens (tertiary/aromatic N) is 1. The maximum Gasteiger partial charge on any atom is 0.116 e. The van der Waals surface area contributed by atoms with Crippen LogP contribution >= 0.6 is 0 Å². The van der Waals surface area contributed by atoms with Crippen molar-refractivity contribution in [1.29, 1.82) is 0 Å². The molecule has 0 aromatic carbocycles. The van der Waals surface area contributed by atoms with E-state index < -0.39 is 5.67 Å². The predicted molar refractivity (Wildman–Crippen MR) is 62.6 cm³/mol. The molecule has 1 aromatic heterocycles. The lowest BCUT2D eigenvalue weighted by molar-refractivity contribution is 0.0966. The Morgan fingerprint density at radius 2 is 2.38 bits per heavy atom. The fourth-order valence-electron chi connectivity index (χ4n) is 2.44. The molecule has 0 aliphatic heterocycles. The van der Waals surface area contributed by atoms with E-state index in [2.05, 4.69) is 4.98 Å². The number of anilines is 1. The number of hydrogen-bond donors (Lipinski definition) is 2. The predicted octanol–water partition coefficient (Wildman–Crippen LogP) is 1.82. The van der Waals surface area contributed by atoms with Crippen molar-refractivity contribution in [3.8, 4) is 0 Å². The Hall–Kier alpha value is -1.16. The highest BCUT2D eigenvalue weighted by atomic mass is 19.1. The Kier molecular flexibility index (Phi) is 3.10. The Morgan fingerprint density at radius 1 is 1.56 bits per heavy atom. The van der Waals surface area contributed by atoms with Gasteiger partial charge in [0.1, 0.15) is 5.67 Å². The third-order valence-electron chi connectivity index (χ3n) is 3.28. The monoisotopic (exact) mass is 223 g/mol. The van der Waals surface area contributed by atoms with Crippen LogP contribution < -0.4 is 11.5 Å². The minimum absolute atomic E-state index is 0.0170. The summed E-state index contributed by atoms with van der Waals surface area (Å²) in [6, 6.07) is 1.69. The second-order valence-electron chi connectivity index (χ2n) is 4.76. The van der Waals surface area contributed by atoms with Crippen LogP contribution in [0, 0.1) is 0 Å². The van der Waals surface area contributed by atoms with Gasteiger partial charge < -0.3 is 11.5 Å². The molecule has 1 saturated carbocycles. The van der Waals surface area contributed by atoms with Crippen molar-refractivity contribution in [2.45, 2.75) is 43.8 Å². The Morgan fingerprint density at radius 3 is 3.06 bits per heavy atom. The van der Waals surface area contributed by atoms with Gasteiger partial charge in [-0.2, -0.15) is 0 Å². The zero-order valence-electron chi connectivity index (χ0n) is 9.32. The van der Waals surface area contributed by atoms with Gasteiger partial charge in [-0.15, -0.1) is 0 Å². The van der Waals surface area contributed by atoms with Gasteiger partial charge in [0, 0.05) is 30.5 Å². The highest BCUT2D eigenvalue weighted by Gasteiger charge is 2.35. The average molecular weight is 223 g/mol. The molecule has 1 aromatic rings. The maximum atomic E-state index is 14.5. The molecule has 2 rings (SSSR count). The molecule has 4 heteroatoms. The Balaban J connectivity index is 2.11. The van der Waals surface area contributed by atoms with Crippen molar-refractivity contribution in [2.75, 3.05) is 5.73 Å². The van der Waals surface area contributed by atoms with Crippen LogP contribution in [-0.4, -0.2) is 16.7 Å². The molecule has 2 atom stereocenters. The topological polar surface area (TPSA) is 64.9 Å². The van der Waals surface area contributed by atoms with Crippen molar-refractivity contribution in [2.24, 2.45) is 5.73 Å². The molecule has 2 unspecified atom stereocenters. The van der Waals surface area contributed by atoms with E-state index in [1.165, 1.54) is 0 Å². The molecule has 4 N–H and O–H groups in total. The summed E-state index contributed by atoms with van der Waals surface area (Å²) in [5.41, 5.74) is 11.8. The Labute approximate surface area is 95.0 Å². The molecule has 1 fully saturated rings. The molecule has 1 aliphatic rings. The molecule has 16 heavy (non-hydrogen) atoms. The van der Waals surface area contributed by atoms with Crippen LogP contribution in [0.4, 0.5) is 10.1 Å². The van der Waals surface area contributed by atoms with E-state index in [-0.39, 0.29) is 6.04 Å². The normalized spacial score (nSPS) is 30.2. The van der Waals surface area contributed by atoms with E-state index >= 15 is 0 Å². The van der Waals surface area contributed by atoms with Crippen LogP contribution in [0.2, 0.25) is 0 Å². The van der Waals surface area contributed by atoms with Gasteiger partial charge in [0.15, 0.2) is 0 Å². The second-order valence-corrected chi connectivity index (χ2v) is 4.76. The fourth-order valence-corrected chi connectivity index (χ4v) is 2.44. The molecule has 88 valence electrons. The number of rotatable bonds is 2. The van der Waals surface area contributed by atoms with Gasteiger partial charge in [0.25, 0.3) is 0 Å². The quantitative estimate of drug-likeness (QED) is 0.803. The second kappa shape index (κ2) is 4.37. The van der Waals surface area contributed by atoms with Crippen LogP contribution in [0.15, 0.2) is 18.5 Å². The van der Waals surface area contributed by atoms with Crippen LogP contribution in [0.3, 0.4) is 0 Å². The number of aromatic nitrogens is 1. The van der Waals surface area contributed by atoms with E-state index in [1.807, 2.05) is 0 Å². The van der Waals surface area contributed by atoms with Crippen molar-refractivity contribution < 1.29 is 4.39 Å². The zero-order valence-corrected chi connectivity index (χ0v) is 9.32. The van der Waals surface area contributed by atoms with Gasteiger partial charge in [-0.05, 0) is 37.3 Å². The number of alkyl halides is 1. The summed E-state index contributed by atoms with van der Waals surface area (Å²) in [4.78, 5) is 3.98. The van der Waals surface area contributed by atoms with Gasteiger partial charge in [-0.25, -0.2) is 4.39 Å². The van der Waals surface area contributed by atoms with Gasteiger partial charge in [0.2, 0.25) is 0 Å². The lowest BCUT2D eigenvalue weighted by Crippen LogP contribution is -2.39. The first-order chi connectivity index (χ1) is 7.59. The average Bonchev–Trinajstić information content (AvgIpc) is 2.21. The third-order valence-corrected chi connectivity index (χ3v) is 3.28. The van der Waals surface area contributed by atoms with Gasteiger partial charge in [0.05, 0.1) is 0 Å². The van der Waals surface area contributed by atoms with E-state index in [1.54, 1.807) is 18.5 Å². The van der Waals surface area contributed by atoms with E-state index in [9.17, 15) is 4.39 Å². The smallest absolute Gasteiger partial charge is 0.116 e. The number of halogens is 1. The molecule has 0 amide bonds. The maximum absolute atomic E-state index is 14.5. The largest absolute Gasteiger partial charge is 0.398 e. The molecule has 0 saturated heterocycles. The van der Waals surface area contributed by atoms with Crippen molar-refractivity contribution in [1.82, 2.24) is 4.98 Å². The van der Waals surface area contributed by atoms with Crippen LogP contribution in [-0.2, 0) is 6.42 Å². The van der Waals surface area contributed by atoms with Crippen LogP contribution in [0.25, 0.3) is 0 Å². The van der Waals surface area contributed by atoms with Crippen molar-refractivity contribution in [3.05, 3.63) is 24.0 Å². The summed E-state index contributed by atoms with van der Waals surface area (Å²) in [7, 11) is 0. The molecule has 3 nitrogen and oxygen atoms in total. The number of nitrogen functional groups attached to an aromatic ring is 1. The summed E-state index contributed by atoms with van der Waals surface area (Å²) in [5, 5.41) is 0. The lowest BCUT2D eigenvalue weighted by atomic mass is 9.80. The minimum Gasteiger partial charge on any atom is -0.398 e. The molecular weight excluding hydrogens is 205 g/mol. The molecular formula is C12H18FN3. The standard InChI is InChI=1S/C12H18FN3/c13-12(4-1-2-10(14)7-12)6-9-8-16-5-3-11(9)15/h3,5,8,10H,1-2,4,6-7,14H2,(H2,15,16). The van der Waals surface area contributed by atoms with Crippen molar-refractivity contribution in [3.63, 3.8) is 0 Å². The number of hydrogen-bond acceptors (Lipinski definition) is 3. The molecule has 1 aliphatic carbocycles. The summed E-state index contributed by atoms with van der Waals surface area (Å²) in [5.74, 6) is 0. The van der Waals surface area contributed by atoms with Crippen molar-refractivity contribution >= 4 is 5.69 Å². The highest BCUT2D eigenvalue weighted by Crippen LogP contribution is 2.35. The molecule has 0 radical (unpaired) electrons. The van der Waals surface area contributed by atoms with Crippen LogP contribution in [0.1, 0.15) is 31.2 Å². The summed E-state index contributed by atoms with van der Waals surface area (Å²) < 4.78 is 14.5. The fraction of sp³-hybridized carbons (Fsp3) is 0.583. The summed E-state index contributed by atoms with van der Waals surface area (Å²) in [6.07, 6.45) is 6.40. The van der Waals surface area contributed by atoms with Crippen LogP contribution in [0.5, 0.6) is 0 Å². The first-order valence-electron chi connectivity index (χ1n) is 5.72. The Bertz CT molecular complexity index is 369. The SMILES string of the molecule is Nc1ccncc1CC1(F)CCCC(N)C1. The first kappa shape index (κ1) is 11.3. The zero-order chi connectivity index (χ0) is 11.6. The molecule has 0 spiro atoms. The molecule has 0 bridgehead atoms. The summed E-state index contributed by atoms with van der Waals surface area (Å²) in [6.45, 7) is 0. The third kappa shape index (κ3) is 2.50. The number of pyridine rings is 1. The molecule has 1 heterocycles. The lowest BCUT2D eigenvalue weighted by Gasteiger charge is -2.33. The highest BCUT2D eigenvalue weighted by molar-refractivity contribution is 5.45. The van der Waals surface area contributed by atoms with E-state index in [4.69, 9.17) is 11.5 Å². The number of nitrogens with two attached hydrogens (primary N) is 2.